The van der Waals surface area contributed by atoms with Gasteiger partial charge in [-0.2, -0.15) is 9.97 Å². The van der Waals surface area contributed by atoms with Gasteiger partial charge in [-0.25, -0.2) is 23.8 Å². The van der Waals surface area contributed by atoms with Crippen LogP contribution in [-0.4, -0.2) is 92.4 Å². The Bertz CT molecular complexity index is 1980. The van der Waals surface area contributed by atoms with Gasteiger partial charge in [0.05, 0.1) is 42.7 Å². The van der Waals surface area contributed by atoms with Gasteiger partial charge in [-0.15, -0.1) is 0 Å². The zero-order valence-corrected chi connectivity index (χ0v) is 27.9. The minimum atomic E-state index is -2.29. The normalized spacial score (nSPS) is 19.6. The van der Waals surface area contributed by atoms with Crippen molar-refractivity contribution in [1.82, 2.24) is 19.5 Å². The monoisotopic (exact) mass is 728 g/mol. The fourth-order valence-corrected chi connectivity index (χ4v) is 5.56. The van der Waals surface area contributed by atoms with Crippen LogP contribution in [0.2, 0.25) is 5.28 Å². The van der Waals surface area contributed by atoms with Gasteiger partial charge in [-0.3, -0.25) is 19.5 Å². The number of nitrogen functional groups attached to an aromatic ring is 1. The SMILES string of the molecule is CCOC(=O)C(Cc1ccc(C(=O)OC)cc1)(OC[C@H]1O[C@@H](n2cnc3c(N)nc(Cl)nc32)[C@@H](F)[C@H]1OC(=O)c1ccc([N+](=O)[O-])cc1)C(C)=O. The number of carbonyl (C=O) groups excluding carboxylic acids is 4. The first-order valence-electron chi connectivity index (χ1n) is 15.2. The number of rotatable bonds is 13. The predicted molar refractivity (Wildman–Crippen MR) is 173 cm³/mol. The lowest BCUT2D eigenvalue weighted by molar-refractivity contribution is -0.384. The largest absolute Gasteiger partial charge is 0.465 e. The number of nitrogens with zero attached hydrogens (tertiary/aromatic N) is 5. The summed E-state index contributed by atoms with van der Waals surface area (Å²) >= 11 is 6.00. The molecule has 1 fully saturated rings. The molecule has 51 heavy (non-hydrogen) atoms. The van der Waals surface area contributed by atoms with Crippen LogP contribution in [0.15, 0.2) is 54.9 Å². The average Bonchev–Trinajstić information content (AvgIpc) is 3.66. The van der Waals surface area contributed by atoms with Crippen LogP contribution in [0.1, 0.15) is 46.4 Å². The van der Waals surface area contributed by atoms with Gasteiger partial charge in [-0.05, 0) is 55.3 Å². The second-order valence-corrected chi connectivity index (χ2v) is 11.5. The van der Waals surface area contributed by atoms with E-state index in [2.05, 4.69) is 15.0 Å². The van der Waals surface area contributed by atoms with Crippen molar-refractivity contribution in [3.05, 3.63) is 86.9 Å². The molecule has 2 aromatic heterocycles. The summed E-state index contributed by atoms with van der Waals surface area (Å²) in [5, 5.41) is 10.8. The molecule has 0 spiro atoms. The lowest BCUT2D eigenvalue weighted by Crippen LogP contribution is -2.53. The highest BCUT2D eigenvalue weighted by Gasteiger charge is 2.53. The number of methoxy groups -OCH3 is 1. The van der Waals surface area contributed by atoms with E-state index < -0.39 is 65.4 Å². The van der Waals surface area contributed by atoms with E-state index in [1.165, 1.54) is 38.3 Å². The molecular weight excluding hydrogens is 699 g/mol. The number of alkyl halides is 1. The number of benzene rings is 2. The van der Waals surface area contributed by atoms with Gasteiger partial charge in [-0.1, -0.05) is 12.1 Å². The van der Waals surface area contributed by atoms with E-state index in [1.807, 2.05) is 0 Å². The van der Waals surface area contributed by atoms with Crippen molar-refractivity contribution < 1.29 is 52.2 Å². The van der Waals surface area contributed by atoms with Crippen LogP contribution in [0.25, 0.3) is 11.2 Å². The number of ether oxygens (including phenoxy) is 5. The Morgan fingerprint density at radius 3 is 2.33 bits per heavy atom. The maximum atomic E-state index is 16.5. The Morgan fingerprint density at radius 2 is 1.73 bits per heavy atom. The average molecular weight is 729 g/mol. The summed E-state index contributed by atoms with van der Waals surface area (Å²) < 4.78 is 45.2. The number of ketones is 1. The molecule has 2 aromatic carbocycles. The molecule has 1 unspecified atom stereocenters. The first kappa shape index (κ1) is 36.7. The van der Waals surface area contributed by atoms with Crippen molar-refractivity contribution in [2.24, 2.45) is 0 Å². The van der Waals surface area contributed by atoms with Crippen molar-refractivity contribution in [1.29, 1.82) is 0 Å². The van der Waals surface area contributed by atoms with Crippen molar-refractivity contribution in [2.75, 3.05) is 26.1 Å². The van der Waals surface area contributed by atoms with Gasteiger partial charge in [0.25, 0.3) is 5.69 Å². The Labute approximate surface area is 292 Å². The summed E-state index contributed by atoms with van der Waals surface area (Å²) in [6, 6.07) is 10.2. The first-order chi connectivity index (χ1) is 24.3. The molecule has 0 radical (unpaired) electrons. The minimum Gasteiger partial charge on any atom is -0.465 e. The molecule has 5 rings (SSSR count). The zero-order valence-electron chi connectivity index (χ0n) is 27.2. The third-order valence-corrected chi connectivity index (χ3v) is 8.18. The van der Waals surface area contributed by atoms with E-state index in [0.29, 0.717) is 5.56 Å². The molecule has 1 saturated heterocycles. The van der Waals surface area contributed by atoms with E-state index >= 15 is 4.39 Å². The lowest BCUT2D eigenvalue weighted by atomic mass is 9.90. The standard InChI is InChI=1S/C32H30ClFN6O11/c1-4-48-30(44)32(16(2)41,13-17-5-7-18(8-6-17)28(42)47-3)49-14-21-24(51-29(43)19-9-11-20(12-10-19)40(45)46)22(34)27(50-21)39-15-36-23-25(35)37-31(33)38-26(23)39/h5-12,15,21-22,24,27H,4,13-14H2,1-3H3,(H2,35,37,38)/t21-,22+,24+,27-,32?/m1/s1. The van der Waals surface area contributed by atoms with Gasteiger partial charge in [0.15, 0.2) is 35.8 Å². The molecule has 3 heterocycles. The number of carbonyl (C=O) groups is 4. The highest BCUT2D eigenvalue weighted by Crippen LogP contribution is 2.38. The molecule has 2 N–H and O–H groups in total. The number of nitro groups is 1. The third-order valence-electron chi connectivity index (χ3n) is 8.02. The van der Waals surface area contributed by atoms with Crippen LogP contribution in [0, 0.1) is 10.1 Å². The maximum Gasteiger partial charge on any atom is 0.346 e. The van der Waals surface area contributed by atoms with Crippen LogP contribution in [0.4, 0.5) is 15.9 Å². The molecule has 1 aliphatic rings. The van der Waals surface area contributed by atoms with E-state index in [9.17, 15) is 29.3 Å². The van der Waals surface area contributed by atoms with Gasteiger partial charge in [0.1, 0.15) is 11.6 Å². The number of nitrogens with two attached hydrogens (primary N) is 1. The van der Waals surface area contributed by atoms with Gasteiger partial charge in [0.2, 0.25) is 10.9 Å². The number of hydrogen-bond acceptors (Lipinski definition) is 15. The second kappa shape index (κ2) is 15.1. The highest BCUT2D eigenvalue weighted by molar-refractivity contribution is 6.28. The summed E-state index contributed by atoms with van der Waals surface area (Å²) in [6.07, 6.45) is -6.15. The molecular formula is C32H30ClFN6O11. The number of nitro benzene ring substituents is 1. The Hall–Kier alpha value is -5.59. The van der Waals surface area contributed by atoms with Crippen molar-refractivity contribution in [2.45, 2.75) is 50.5 Å². The van der Waals surface area contributed by atoms with Crippen molar-refractivity contribution in [3.8, 4) is 0 Å². The Kier molecular flexibility index (Phi) is 10.9. The topological polar surface area (TPSA) is 227 Å². The molecule has 0 saturated carbocycles. The summed E-state index contributed by atoms with van der Waals surface area (Å²) in [5.74, 6) is -3.59. The number of halogens is 2. The lowest BCUT2D eigenvalue weighted by Gasteiger charge is -2.31. The molecule has 19 heteroatoms. The van der Waals surface area contributed by atoms with Crippen LogP contribution >= 0.6 is 11.6 Å². The fourth-order valence-electron chi connectivity index (χ4n) is 5.39. The van der Waals surface area contributed by atoms with Gasteiger partial charge < -0.3 is 29.4 Å². The van der Waals surface area contributed by atoms with Crippen LogP contribution in [0.3, 0.4) is 0 Å². The molecule has 1 aliphatic heterocycles. The highest BCUT2D eigenvalue weighted by atomic mass is 35.5. The smallest absolute Gasteiger partial charge is 0.346 e. The fraction of sp³-hybridized carbons (Fsp3) is 0.344. The Morgan fingerprint density at radius 1 is 1.08 bits per heavy atom. The van der Waals surface area contributed by atoms with Gasteiger partial charge >= 0.3 is 17.9 Å². The van der Waals surface area contributed by atoms with Crippen LogP contribution in [0.5, 0.6) is 0 Å². The molecule has 5 atom stereocenters. The predicted octanol–water partition coefficient (Wildman–Crippen LogP) is 3.37. The van der Waals surface area contributed by atoms with Crippen LogP contribution < -0.4 is 5.73 Å². The number of Topliss-reactive ketones (excluding diaryl/α,β-unsaturated/α-hetero) is 1. The number of aromatic nitrogens is 4. The molecule has 0 bridgehead atoms. The number of anilines is 1. The molecule has 268 valence electrons. The maximum absolute atomic E-state index is 16.5. The van der Waals surface area contributed by atoms with Crippen LogP contribution in [-0.2, 0) is 39.7 Å². The van der Waals surface area contributed by atoms with E-state index in [0.717, 1.165) is 42.1 Å². The summed E-state index contributed by atoms with van der Waals surface area (Å²) in [4.78, 5) is 74.3. The number of non-ortho nitro benzene ring substituents is 1. The number of esters is 3. The summed E-state index contributed by atoms with van der Waals surface area (Å²) in [7, 11) is 1.22. The molecule has 0 amide bonds. The summed E-state index contributed by atoms with van der Waals surface area (Å²) in [6.45, 7) is 1.81. The molecule has 0 aliphatic carbocycles. The number of imidazole rings is 1. The van der Waals surface area contributed by atoms with E-state index in [-0.39, 0.29) is 52.1 Å². The third kappa shape index (κ3) is 7.47. The minimum absolute atomic E-state index is 0.0119. The van der Waals surface area contributed by atoms with E-state index in [4.69, 9.17) is 41.0 Å². The van der Waals surface area contributed by atoms with Crippen molar-refractivity contribution >= 4 is 58.0 Å². The molecule has 17 nitrogen and oxygen atoms in total. The summed E-state index contributed by atoms with van der Waals surface area (Å²) in [5.41, 5.74) is 3.85. The molecule has 4 aromatic rings. The number of hydrogen-bond donors (Lipinski definition) is 1. The van der Waals surface area contributed by atoms with Gasteiger partial charge in [0, 0.05) is 18.6 Å². The van der Waals surface area contributed by atoms with Crippen molar-refractivity contribution in [3.63, 3.8) is 0 Å². The van der Waals surface area contributed by atoms with E-state index in [1.54, 1.807) is 0 Å². The Balaban J connectivity index is 1.49. The quantitative estimate of drug-likeness (QED) is 0.0520. The zero-order chi connectivity index (χ0) is 37.0. The first-order valence-corrected chi connectivity index (χ1v) is 15.6. The number of fused-ring (bicyclic) bond motifs is 1. The second-order valence-electron chi connectivity index (χ2n) is 11.2.